The molecule has 1 fully saturated rings. The molecule has 1 saturated carbocycles. The first-order valence-electron chi connectivity index (χ1n) is 5.94. The fourth-order valence-corrected chi connectivity index (χ4v) is 2.36. The van der Waals surface area contributed by atoms with E-state index in [1.54, 1.807) is 18.2 Å². The van der Waals surface area contributed by atoms with Crippen LogP contribution in [0.3, 0.4) is 0 Å². The van der Waals surface area contributed by atoms with E-state index in [0.29, 0.717) is 16.3 Å². The van der Waals surface area contributed by atoms with Gasteiger partial charge in [-0.1, -0.05) is 18.0 Å². The third kappa shape index (κ3) is 3.12. The van der Waals surface area contributed by atoms with Gasteiger partial charge < -0.3 is 14.9 Å². The van der Waals surface area contributed by atoms with Gasteiger partial charge in [0.1, 0.15) is 11.9 Å². The van der Waals surface area contributed by atoms with Gasteiger partial charge in [-0.05, 0) is 37.5 Å². The van der Waals surface area contributed by atoms with Gasteiger partial charge in [-0.15, -0.1) is 0 Å². The summed E-state index contributed by atoms with van der Waals surface area (Å²) >= 11 is 5.85. The van der Waals surface area contributed by atoms with Crippen LogP contribution in [0.2, 0.25) is 5.02 Å². The van der Waals surface area contributed by atoms with E-state index in [9.17, 15) is 10.2 Å². The van der Waals surface area contributed by atoms with Crippen molar-refractivity contribution in [3.8, 4) is 5.75 Å². The minimum Gasteiger partial charge on any atom is -0.487 e. The lowest BCUT2D eigenvalue weighted by Crippen LogP contribution is -2.34. The first kappa shape index (κ1) is 12.7. The topological polar surface area (TPSA) is 49.7 Å². The summed E-state index contributed by atoms with van der Waals surface area (Å²) in [5, 5.41) is 19.6. The van der Waals surface area contributed by atoms with Crippen molar-refractivity contribution in [1.29, 1.82) is 0 Å². The van der Waals surface area contributed by atoms with Crippen molar-refractivity contribution in [3.63, 3.8) is 0 Å². The first-order chi connectivity index (χ1) is 8.20. The lowest BCUT2D eigenvalue weighted by atomic mass is 9.95. The number of aliphatic hydroxyl groups excluding tert-OH is 2. The first-order valence-corrected chi connectivity index (χ1v) is 6.32. The number of hydrogen-bond donors (Lipinski definition) is 2. The van der Waals surface area contributed by atoms with Crippen molar-refractivity contribution in [2.45, 2.75) is 44.5 Å². The molecule has 4 heteroatoms. The maximum Gasteiger partial charge on any atom is 0.125 e. The van der Waals surface area contributed by atoms with Crippen molar-refractivity contribution < 1.29 is 14.9 Å². The molecule has 1 aromatic rings. The Kier molecular flexibility index (Phi) is 4.26. The van der Waals surface area contributed by atoms with E-state index < -0.39 is 6.10 Å². The minimum atomic E-state index is -0.411. The molecule has 0 aliphatic heterocycles. The normalized spacial score (nSPS) is 24.6. The van der Waals surface area contributed by atoms with E-state index in [2.05, 4.69) is 0 Å². The lowest BCUT2D eigenvalue weighted by Gasteiger charge is -2.28. The molecule has 1 aromatic carbocycles. The summed E-state index contributed by atoms with van der Waals surface area (Å²) in [6, 6.07) is 5.16. The van der Waals surface area contributed by atoms with Crippen molar-refractivity contribution in [2.75, 3.05) is 0 Å². The van der Waals surface area contributed by atoms with E-state index in [0.717, 1.165) is 25.7 Å². The molecule has 17 heavy (non-hydrogen) atoms. The zero-order valence-electron chi connectivity index (χ0n) is 9.60. The Bertz CT molecular complexity index is 381. The number of halogens is 1. The molecule has 94 valence electrons. The highest BCUT2D eigenvalue weighted by molar-refractivity contribution is 6.30. The second kappa shape index (κ2) is 5.71. The van der Waals surface area contributed by atoms with Gasteiger partial charge in [0.05, 0.1) is 12.7 Å². The van der Waals surface area contributed by atoms with E-state index in [4.69, 9.17) is 16.3 Å². The smallest absolute Gasteiger partial charge is 0.125 e. The summed E-state index contributed by atoms with van der Waals surface area (Å²) < 4.78 is 5.78. The summed E-state index contributed by atoms with van der Waals surface area (Å²) in [4.78, 5) is 0. The van der Waals surface area contributed by atoms with Gasteiger partial charge in [-0.2, -0.15) is 0 Å². The zero-order chi connectivity index (χ0) is 12.3. The molecular formula is C13H17ClO3. The van der Waals surface area contributed by atoms with Crippen LogP contribution in [0.5, 0.6) is 5.75 Å². The van der Waals surface area contributed by atoms with Gasteiger partial charge in [0.15, 0.2) is 0 Å². The van der Waals surface area contributed by atoms with E-state index >= 15 is 0 Å². The summed E-state index contributed by atoms with van der Waals surface area (Å²) in [5.74, 6) is 0.614. The van der Waals surface area contributed by atoms with Crippen molar-refractivity contribution in [2.24, 2.45) is 0 Å². The zero-order valence-corrected chi connectivity index (χ0v) is 10.4. The predicted molar refractivity (Wildman–Crippen MR) is 66.3 cm³/mol. The number of ether oxygens (including phenoxy) is 1. The molecule has 0 amide bonds. The molecule has 0 spiro atoms. The van der Waals surface area contributed by atoms with Crippen LogP contribution in [-0.2, 0) is 6.61 Å². The Balaban J connectivity index is 2.11. The van der Waals surface area contributed by atoms with E-state index in [1.807, 2.05) is 0 Å². The fourth-order valence-electron chi connectivity index (χ4n) is 2.16. The maximum atomic E-state index is 9.83. The van der Waals surface area contributed by atoms with Gasteiger partial charge in [0.25, 0.3) is 0 Å². The van der Waals surface area contributed by atoms with Crippen LogP contribution in [0.25, 0.3) is 0 Å². The molecule has 0 radical (unpaired) electrons. The minimum absolute atomic E-state index is 0.112. The number of benzene rings is 1. The lowest BCUT2D eigenvalue weighted by molar-refractivity contribution is 0.00587. The van der Waals surface area contributed by atoms with Crippen LogP contribution in [-0.4, -0.2) is 22.4 Å². The van der Waals surface area contributed by atoms with E-state index in [-0.39, 0.29) is 12.7 Å². The second-order valence-corrected chi connectivity index (χ2v) is 4.85. The summed E-state index contributed by atoms with van der Waals surface area (Å²) in [7, 11) is 0. The SMILES string of the molecule is OCc1cc(Cl)ccc1OC1CCCCC1O. The highest BCUT2D eigenvalue weighted by Gasteiger charge is 2.25. The van der Waals surface area contributed by atoms with Crippen LogP contribution in [0.15, 0.2) is 18.2 Å². The summed E-state index contributed by atoms with van der Waals surface area (Å²) in [6.07, 6.45) is 3.18. The standard InChI is InChI=1S/C13H17ClO3/c14-10-5-6-12(9(7-10)8-15)17-13-4-2-1-3-11(13)16/h5-7,11,13,15-16H,1-4,8H2. The van der Waals surface area contributed by atoms with Crippen LogP contribution < -0.4 is 4.74 Å². The average Bonchev–Trinajstić information content (AvgIpc) is 2.34. The molecule has 0 saturated heterocycles. The van der Waals surface area contributed by atoms with Gasteiger partial charge in [-0.3, -0.25) is 0 Å². The molecule has 2 N–H and O–H groups in total. The Hall–Kier alpha value is -0.770. The van der Waals surface area contributed by atoms with Crippen molar-refractivity contribution >= 4 is 11.6 Å². The Morgan fingerprint density at radius 3 is 2.76 bits per heavy atom. The van der Waals surface area contributed by atoms with Crippen LogP contribution in [0, 0.1) is 0 Å². The highest BCUT2D eigenvalue weighted by atomic mass is 35.5. The Labute approximate surface area is 106 Å². The molecule has 2 rings (SSSR count). The van der Waals surface area contributed by atoms with Crippen molar-refractivity contribution in [3.05, 3.63) is 28.8 Å². The van der Waals surface area contributed by atoms with Crippen molar-refractivity contribution in [1.82, 2.24) is 0 Å². The highest BCUT2D eigenvalue weighted by Crippen LogP contribution is 2.28. The quantitative estimate of drug-likeness (QED) is 0.874. The monoisotopic (exact) mass is 256 g/mol. The van der Waals surface area contributed by atoms with Gasteiger partial charge in [0.2, 0.25) is 0 Å². The molecule has 1 aliphatic rings. The summed E-state index contributed by atoms with van der Waals surface area (Å²) in [6.45, 7) is -0.112. The average molecular weight is 257 g/mol. The number of rotatable bonds is 3. The van der Waals surface area contributed by atoms with Gasteiger partial charge >= 0.3 is 0 Å². The van der Waals surface area contributed by atoms with Crippen LogP contribution in [0.1, 0.15) is 31.2 Å². The molecule has 0 aromatic heterocycles. The largest absolute Gasteiger partial charge is 0.487 e. The van der Waals surface area contributed by atoms with Crippen LogP contribution in [0.4, 0.5) is 0 Å². The summed E-state index contributed by atoms with van der Waals surface area (Å²) in [5.41, 5.74) is 0.662. The third-order valence-electron chi connectivity index (χ3n) is 3.14. The Morgan fingerprint density at radius 2 is 2.06 bits per heavy atom. The predicted octanol–water partition coefficient (Wildman–Crippen LogP) is 2.51. The molecule has 0 bridgehead atoms. The Morgan fingerprint density at radius 1 is 1.29 bits per heavy atom. The third-order valence-corrected chi connectivity index (χ3v) is 3.37. The molecular weight excluding hydrogens is 240 g/mol. The van der Waals surface area contributed by atoms with Gasteiger partial charge in [-0.25, -0.2) is 0 Å². The molecule has 2 unspecified atom stereocenters. The molecule has 1 aliphatic carbocycles. The van der Waals surface area contributed by atoms with Crippen LogP contribution >= 0.6 is 11.6 Å². The molecule has 2 atom stereocenters. The number of aliphatic hydroxyl groups is 2. The van der Waals surface area contributed by atoms with Gasteiger partial charge in [0, 0.05) is 10.6 Å². The fraction of sp³-hybridized carbons (Fsp3) is 0.538. The van der Waals surface area contributed by atoms with E-state index in [1.165, 1.54) is 0 Å². The number of hydrogen-bond acceptors (Lipinski definition) is 3. The second-order valence-electron chi connectivity index (χ2n) is 4.42. The molecule has 3 nitrogen and oxygen atoms in total. The maximum absolute atomic E-state index is 9.83. The molecule has 0 heterocycles.